The normalized spacial score (nSPS) is 24.8. The minimum Gasteiger partial charge on any atom is -0.197 e. The van der Waals surface area contributed by atoms with Gasteiger partial charge in [0.15, 0.2) is 5.41 Å². The Hall–Kier alpha value is -2.32. The van der Waals surface area contributed by atoms with Crippen LogP contribution < -0.4 is 0 Å². The van der Waals surface area contributed by atoms with Crippen LogP contribution in [0.2, 0.25) is 0 Å². The van der Waals surface area contributed by atoms with Crippen molar-refractivity contribution in [3.05, 3.63) is 60.2 Å². The summed E-state index contributed by atoms with van der Waals surface area (Å²) in [4.78, 5) is 0. The zero-order valence-electron chi connectivity index (χ0n) is 11.5. The predicted octanol–water partition coefficient (Wildman–Crippen LogP) is 4.49. The molecule has 0 heterocycles. The molecule has 1 aromatic carbocycles. The molecule has 2 rings (SSSR count). The Balaban J connectivity index is 2.45. The largest absolute Gasteiger partial charge is 0.197 e. The molecule has 0 aromatic heterocycles. The molecule has 1 aromatic rings. The van der Waals surface area contributed by atoms with Crippen LogP contribution in [0.1, 0.15) is 37.2 Å². The molecule has 1 aliphatic rings. The van der Waals surface area contributed by atoms with Gasteiger partial charge in [0.05, 0.1) is 12.1 Å². The molecule has 0 N–H and O–H groups in total. The van der Waals surface area contributed by atoms with Crippen LogP contribution in [0.25, 0.3) is 0 Å². The Labute approximate surface area is 120 Å². The van der Waals surface area contributed by atoms with Crippen molar-refractivity contribution in [2.75, 3.05) is 0 Å². The van der Waals surface area contributed by atoms with Crippen LogP contribution in [-0.2, 0) is 0 Å². The average Bonchev–Trinajstić information content (AvgIpc) is 2.52. The van der Waals surface area contributed by atoms with Crippen LogP contribution in [0.5, 0.6) is 0 Å². The van der Waals surface area contributed by atoms with Gasteiger partial charge in [0.25, 0.3) is 0 Å². The van der Waals surface area contributed by atoms with Crippen molar-refractivity contribution in [3.8, 4) is 12.1 Å². The molecule has 0 amide bonds. The summed E-state index contributed by atoms with van der Waals surface area (Å²) in [7, 11) is 0. The summed E-state index contributed by atoms with van der Waals surface area (Å²) in [6.07, 6.45) is 11.5. The van der Waals surface area contributed by atoms with Crippen molar-refractivity contribution >= 4 is 0 Å². The highest BCUT2D eigenvalue weighted by Crippen LogP contribution is 2.41. The van der Waals surface area contributed by atoms with E-state index < -0.39 is 5.41 Å². The summed E-state index contributed by atoms with van der Waals surface area (Å²) in [6.45, 7) is 0. The maximum Gasteiger partial charge on any atom is 0.154 e. The van der Waals surface area contributed by atoms with Gasteiger partial charge in [-0.3, -0.25) is 0 Å². The number of allylic oxidation sites excluding steroid dienone is 4. The van der Waals surface area contributed by atoms with E-state index in [-0.39, 0.29) is 5.92 Å². The average molecular weight is 262 g/mol. The molecule has 100 valence electrons. The predicted molar refractivity (Wildman–Crippen MR) is 79.6 cm³/mol. The van der Waals surface area contributed by atoms with E-state index in [0.717, 1.165) is 24.8 Å². The molecule has 0 saturated carbocycles. The van der Waals surface area contributed by atoms with Gasteiger partial charge >= 0.3 is 0 Å². The minimum atomic E-state index is -0.987. The maximum atomic E-state index is 9.62. The Kier molecular flexibility index (Phi) is 4.75. The number of hydrogen-bond acceptors (Lipinski definition) is 2. The maximum absolute atomic E-state index is 9.62. The molecule has 2 heteroatoms. The fraction of sp³-hybridized carbons (Fsp3) is 0.333. The highest BCUT2D eigenvalue weighted by molar-refractivity contribution is 5.32. The monoisotopic (exact) mass is 262 g/mol. The lowest BCUT2D eigenvalue weighted by molar-refractivity contribution is 0.414. The topological polar surface area (TPSA) is 47.6 Å². The van der Waals surface area contributed by atoms with E-state index in [9.17, 15) is 10.5 Å². The van der Waals surface area contributed by atoms with Crippen molar-refractivity contribution in [2.24, 2.45) is 5.41 Å². The van der Waals surface area contributed by atoms with Gasteiger partial charge in [0.2, 0.25) is 0 Å². The van der Waals surface area contributed by atoms with E-state index in [1.54, 1.807) is 0 Å². The van der Waals surface area contributed by atoms with Crippen molar-refractivity contribution in [3.63, 3.8) is 0 Å². The Bertz CT molecular complexity index is 556. The van der Waals surface area contributed by atoms with Crippen molar-refractivity contribution in [2.45, 2.75) is 31.6 Å². The molecule has 0 fully saturated rings. The van der Waals surface area contributed by atoms with Crippen molar-refractivity contribution < 1.29 is 0 Å². The number of hydrogen-bond donors (Lipinski definition) is 0. The fourth-order valence-corrected chi connectivity index (χ4v) is 2.65. The van der Waals surface area contributed by atoms with E-state index in [2.05, 4.69) is 30.4 Å². The first kappa shape index (κ1) is 14.1. The van der Waals surface area contributed by atoms with E-state index in [1.165, 1.54) is 0 Å². The summed E-state index contributed by atoms with van der Waals surface area (Å²) >= 11 is 0. The SMILES string of the molecule is N#CC1(C#N)C/C=C/CC/C=C\CC1c1ccccc1. The molecule has 0 spiro atoms. The van der Waals surface area contributed by atoms with Crippen molar-refractivity contribution in [1.29, 1.82) is 10.5 Å². The molecule has 20 heavy (non-hydrogen) atoms. The molecule has 1 aliphatic carbocycles. The van der Waals surface area contributed by atoms with E-state index in [0.29, 0.717) is 6.42 Å². The van der Waals surface area contributed by atoms with Gasteiger partial charge in [-0.25, -0.2) is 0 Å². The molecule has 1 unspecified atom stereocenters. The van der Waals surface area contributed by atoms with Crippen LogP contribution in [0.15, 0.2) is 54.6 Å². The third-order valence-electron chi connectivity index (χ3n) is 3.84. The van der Waals surface area contributed by atoms with Gasteiger partial charge < -0.3 is 0 Å². The highest BCUT2D eigenvalue weighted by atomic mass is 14.5. The van der Waals surface area contributed by atoms with Gasteiger partial charge in [-0.1, -0.05) is 54.6 Å². The summed E-state index contributed by atoms with van der Waals surface area (Å²) in [6, 6.07) is 14.5. The zero-order valence-corrected chi connectivity index (χ0v) is 11.5. The van der Waals surface area contributed by atoms with Crippen LogP contribution >= 0.6 is 0 Å². The number of nitriles is 2. The molecular weight excluding hydrogens is 244 g/mol. The standard InChI is InChI=1S/C18H18N2/c19-14-18(15-20)13-9-4-2-1-3-8-12-17(18)16-10-6-5-7-11-16/h3-11,17H,1-2,12-13H2/b8-3-,9-4+. The van der Waals surface area contributed by atoms with Gasteiger partial charge in [-0.05, 0) is 31.2 Å². The van der Waals surface area contributed by atoms with Gasteiger partial charge in [0.1, 0.15) is 0 Å². The molecule has 0 bridgehead atoms. The van der Waals surface area contributed by atoms with E-state index in [4.69, 9.17) is 0 Å². The zero-order chi connectivity index (χ0) is 14.3. The second-order valence-corrected chi connectivity index (χ2v) is 5.12. The lowest BCUT2D eigenvalue weighted by atomic mass is 9.70. The lowest BCUT2D eigenvalue weighted by Gasteiger charge is -2.28. The Morgan fingerprint density at radius 2 is 1.55 bits per heavy atom. The summed E-state index contributed by atoms with van der Waals surface area (Å²) in [5.74, 6) is -0.0855. The van der Waals surface area contributed by atoms with Crippen LogP contribution in [0.4, 0.5) is 0 Å². The molecule has 2 nitrogen and oxygen atoms in total. The third-order valence-corrected chi connectivity index (χ3v) is 3.84. The molecule has 0 aliphatic heterocycles. The van der Waals surface area contributed by atoms with Gasteiger partial charge in [-0.2, -0.15) is 10.5 Å². The number of nitrogens with zero attached hydrogens (tertiary/aromatic N) is 2. The van der Waals surface area contributed by atoms with Gasteiger partial charge in [0, 0.05) is 5.92 Å². The lowest BCUT2D eigenvalue weighted by Crippen LogP contribution is -2.25. The second-order valence-electron chi connectivity index (χ2n) is 5.12. The van der Waals surface area contributed by atoms with Crippen LogP contribution in [0.3, 0.4) is 0 Å². The number of benzene rings is 1. The third kappa shape index (κ3) is 2.98. The molecule has 0 saturated heterocycles. The molecular formula is C18H18N2. The number of rotatable bonds is 1. The smallest absolute Gasteiger partial charge is 0.154 e. The summed E-state index contributed by atoms with van der Waals surface area (Å²) in [5, 5.41) is 19.2. The first-order chi connectivity index (χ1) is 9.82. The minimum absolute atomic E-state index is 0.0855. The summed E-state index contributed by atoms with van der Waals surface area (Å²) < 4.78 is 0. The fourth-order valence-electron chi connectivity index (χ4n) is 2.65. The van der Waals surface area contributed by atoms with E-state index in [1.807, 2.05) is 36.4 Å². The van der Waals surface area contributed by atoms with E-state index >= 15 is 0 Å². The van der Waals surface area contributed by atoms with Crippen LogP contribution in [-0.4, -0.2) is 0 Å². The van der Waals surface area contributed by atoms with Crippen LogP contribution in [0, 0.1) is 28.1 Å². The van der Waals surface area contributed by atoms with Crippen molar-refractivity contribution in [1.82, 2.24) is 0 Å². The Morgan fingerprint density at radius 1 is 0.900 bits per heavy atom. The highest BCUT2D eigenvalue weighted by Gasteiger charge is 2.39. The molecule has 0 radical (unpaired) electrons. The first-order valence-corrected chi connectivity index (χ1v) is 7.00. The quantitative estimate of drug-likeness (QED) is 0.700. The Morgan fingerprint density at radius 3 is 2.20 bits per heavy atom. The van der Waals surface area contributed by atoms with Gasteiger partial charge in [-0.15, -0.1) is 0 Å². The second kappa shape index (κ2) is 6.73. The molecule has 1 atom stereocenters. The summed E-state index contributed by atoms with van der Waals surface area (Å²) in [5.41, 5.74) is 0.0775. The first-order valence-electron chi connectivity index (χ1n) is 7.00.